The van der Waals surface area contributed by atoms with Gasteiger partial charge < -0.3 is 5.73 Å². The summed E-state index contributed by atoms with van der Waals surface area (Å²) in [4.78, 5) is 5.85. The maximum atomic E-state index is 5.60. The lowest BCUT2D eigenvalue weighted by Crippen LogP contribution is -2.28. The Morgan fingerprint density at radius 1 is 1.08 bits per heavy atom. The van der Waals surface area contributed by atoms with Gasteiger partial charge in [-0.05, 0) is 66.3 Å². The molecular formula is C16H30N6S2. The minimum Gasteiger partial charge on any atom is -0.381 e. The molecule has 0 fully saturated rings. The van der Waals surface area contributed by atoms with E-state index in [0.717, 1.165) is 12.2 Å². The van der Waals surface area contributed by atoms with Crippen molar-refractivity contribution in [2.24, 2.45) is 0 Å². The summed E-state index contributed by atoms with van der Waals surface area (Å²) in [6, 6.07) is 3.67. The lowest BCUT2D eigenvalue weighted by molar-refractivity contribution is 0.213. The quantitative estimate of drug-likeness (QED) is 0.839. The van der Waals surface area contributed by atoms with E-state index in [-0.39, 0.29) is 0 Å². The number of nitrogens with two attached hydrogens (primary N) is 1. The fourth-order valence-corrected chi connectivity index (χ4v) is 3.00. The number of aromatic nitrogens is 3. The largest absolute Gasteiger partial charge is 0.381 e. The summed E-state index contributed by atoms with van der Waals surface area (Å²) < 4.78 is 12.1. The van der Waals surface area contributed by atoms with E-state index in [0.29, 0.717) is 23.9 Å². The zero-order valence-corrected chi connectivity index (χ0v) is 17.4. The van der Waals surface area contributed by atoms with Gasteiger partial charge in [-0.2, -0.15) is 8.75 Å². The predicted octanol–water partition coefficient (Wildman–Crippen LogP) is 3.50. The van der Waals surface area contributed by atoms with Crippen LogP contribution in [0, 0.1) is 0 Å². The van der Waals surface area contributed by atoms with Gasteiger partial charge >= 0.3 is 0 Å². The number of rotatable bonds is 6. The average Bonchev–Trinajstić information content (AvgIpc) is 3.18. The van der Waals surface area contributed by atoms with Crippen molar-refractivity contribution in [1.29, 1.82) is 0 Å². The third-order valence-electron chi connectivity index (χ3n) is 4.16. The van der Waals surface area contributed by atoms with Crippen molar-refractivity contribution < 1.29 is 0 Å². The van der Waals surface area contributed by atoms with Crippen LogP contribution in [-0.4, -0.2) is 49.1 Å². The highest BCUT2D eigenvalue weighted by Crippen LogP contribution is 2.22. The number of anilines is 1. The molecular weight excluding hydrogens is 340 g/mol. The molecule has 0 bridgehead atoms. The Morgan fingerprint density at radius 2 is 1.75 bits per heavy atom. The Kier molecular flexibility index (Phi) is 8.75. The monoisotopic (exact) mass is 370 g/mol. The van der Waals surface area contributed by atoms with Gasteiger partial charge in [0.2, 0.25) is 0 Å². The third-order valence-corrected chi connectivity index (χ3v) is 5.66. The van der Waals surface area contributed by atoms with E-state index in [2.05, 4.69) is 70.7 Å². The Balaban J connectivity index is 0.000000240. The summed E-state index contributed by atoms with van der Waals surface area (Å²) in [5, 5.41) is 0. The minimum absolute atomic E-state index is 0.484. The molecule has 0 amide bonds. The summed E-state index contributed by atoms with van der Waals surface area (Å²) >= 11 is 2.75. The van der Waals surface area contributed by atoms with Crippen molar-refractivity contribution in [3.05, 3.63) is 22.8 Å². The summed E-state index contributed by atoms with van der Waals surface area (Å²) in [5.41, 5.74) is 6.48. The van der Waals surface area contributed by atoms with Gasteiger partial charge in [-0.1, -0.05) is 0 Å². The molecule has 0 saturated heterocycles. The van der Waals surface area contributed by atoms with Crippen molar-refractivity contribution in [3.63, 3.8) is 0 Å². The number of nitrogen functional groups attached to an aromatic ring is 1. The van der Waals surface area contributed by atoms with E-state index in [1.54, 1.807) is 11.5 Å². The van der Waals surface area contributed by atoms with E-state index in [9.17, 15) is 0 Å². The van der Waals surface area contributed by atoms with Gasteiger partial charge in [-0.15, -0.1) is 0 Å². The second-order valence-corrected chi connectivity index (χ2v) is 7.85. The summed E-state index contributed by atoms with van der Waals surface area (Å²) in [7, 11) is 4.19. The summed E-state index contributed by atoms with van der Waals surface area (Å²) in [6.07, 6.45) is 1.87. The van der Waals surface area contributed by atoms with Crippen molar-refractivity contribution in [2.75, 3.05) is 19.8 Å². The molecule has 2 aromatic rings. The second-order valence-electron chi connectivity index (χ2n) is 6.46. The maximum Gasteiger partial charge on any atom is 0.162 e. The normalized spacial score (nSPS) is 12.8. The lowest BCUT2D eigenvalue weighted by atomic mass is 10.2. The van der Waals surface area contributed by atoms with Crippen LogP contribution in [0.2, 0.25) is 0 Å². The van der Waals surface area contributed by atoms with E-state index < -0.39 is 0 Å². The number of hydrogen-bond donors (Lipinski definition) is 1. The molecule has 0 aliphatic carbocycles. The van der Waals surface area contributed by atoms with Crippen LogP contribution in [0.3, 0.4) is 0 Å². The van der Waals surface area contributed by atoms with Crippen molar-refractivity contribution in [1.82, 2.24) is 22.9 Å². The zero-order chi connectivity index (χ0) is 18.3. The third kappa shape index (κ3) is 6.43. The molecule has 2 heterocycles. The highest BCUT2D eigenvalue weighted by atomic mass is 32.1. The van der Waals surface area contributed by atoms with Crippen LogP contribution >= 0.6 is 23.3 Å². The average molecular weight is 371 g/mol. The first-order chi connectivity index (χ1) is 11.2. The highest BCUT2D eigenvalue weighted by Gasteiger charge is 2.15. The summed E-state index contributed by atoms with van der Waals surface area (Å²) in [6.45, 7) is 11.7. The second kappa shape index (κ2) is 10.0. The fraction of sp³-hybridized carbons (Fsp3) is 0.688. The van der Waals surface area contributed by atoms with Crippen LogP contribution in [0.4, 0.5) is 5.82 Å². The van der Waals surface area contributed by atoms with Crippen LogP contribution in [-0.2, 0) is 6.54 Å². The Labute approximate surface area is 154 Å². The van der Waals surface area contributed by atoms with E-state index in [4.69, 9.17) is 5.73 Å². The molecule has 0 aromatic carbocycles. The standard InChI is InChI=1S/C9H16N2S.C7H14N4S/c1-7(2)11(4)8(3)9-5-6-10-12-9;1-5(2)11(3)4-6-7(8)10-12-9-6/h5-8H,1-4H3;5H,4H2,1-3H3,(H2,8,10). The van der Waals surface area contributed by atoms with E-state index in [1.807, 2.05) is 13.2 Å². The Hall–Kier alpha value is -1.09. The van der Waals surface area contributed by atoms with Gasteiger partial charge in [0.15, 0.2) is 5.82 Å². The Bertz CT molecular complexity index is 567. The molecule has 136 valence electrons. The molecule has 1 unspecified atom stereocenters. The van der Waals surface area contributed by atoms with Crippen LogP contribution in [0.5, 0.6) is 0 Å². The first kappa shape index (κ1) is 21.0. The molecule has 6 nitrogen and oxygen atoms in total. The lowest BCUT2D eigenvalue weighted by Gasteiger charge is -2.27. The van der Waals surface area contributed by atoms with Crippen LogP contribution < -0.4 is 5.73 Å². The smallest absolute Gasteiger partial charge is 0.162 e. The maximum absolute atomic E-state index is 5.60. The minimum atomic E-state index is 0.484. The predicted molar refractivity (Wildman–Crippen MR) is 104 cm³/mol. The van der Waals surface area contributed by atoms with Crippen LogP contribution in [0.25, 0.3) is 0 Å². The van der Waals surface area contributed by atoms with Crippen LogP contribution in [0.1, 0.15) is 51.2 Å². The number of nitrogens with zero attached hydrogens (tertiary/aromatic N) is 5. The molecule has 2 rings (SSSR count). The van der Waals surface area contributed by atoms with Gasteiger partial charge in [0.25, 0.3) is 0 Å². The first-order valence-corrected chi connectivity index (χ1v) is 9.64. The van der Waals surface area contributed by atoms with Crippen molar-refractivity contribution in [3.8, 4) is 0 Å². The number of hydrogen-bond acceptors (Lipinski definition) is 8. The van der Waals surface area contributed by atoms with Crippen molar-refractivity contribution >= 4 is 29.1 Å². The molecule has 8 heteroatoms. The van der Waals surface area contributed by atoms with Gasteiger partial charge in [0.1, 0.15) is 5.69 Å². The first-order valence-electron chi connectivity index (χ1n) is 8.13. The van der Waals surface area contributed by atoms with Gasteiger partial charge in [-0.3, -0.25) is 9.80 Å². The molecule has 0 aliphatic rings. The molecule has 0 aliphatic heterocycles. The zero-order valence-electron chi connectivity index (χ0n) is 15.7. The molecule has 24 heavy (non-hydrogen) atoms. The summed E-state index contributed by atoms with van der Waals surface area (Å²) in [5.74, 6) is 0.563. The fourth-order valence-electron chi connectivity index (χ4n) is 1.83. The van der Waals surface area contributed by atoms with Crippen LogP contribution in [0.15, 0.2) is 12.3 Å². The highest BCUT2D eigenvalue weighted by molar-refractivity contribution is 7.05. The van der Waals surface area contributed by atoms with Gasteiger partial charge in [-0.25, -0.2) is 4.37 Å². The SMILES string of the molecule is CC(C)N(C)C(C)c1ccns1.CC(C)N(C)Cc1nsnc1N. The molecule has 1 atom stereocenters. The Morgan fingerprint density at radius 3 is 2.17 bits per heavy atom. The molecule has 0 radical (unpaired) electrons. The van der Waals surface area contributed by atoms with Crippen molar-refractivity contribution in [2.45, 2.75) is 59.3 Å². The topological polar surface area (TPSA) is 71.2 Å². The molecule has 2 N–H and O–H groups in total. The molecule has 2 aromatic heterocycles. The van der Waals surface area contributed by atoms with Gasteiger partial charge in [0, 0.05) is 35.7 Å². The van der Waals surface area contributed by atoms with E-state index >= 15 is 0 Å². The molecule has 0 saturated carbocycles. The van der Waals surface area contributed by atoms with E-state index in [1.165, 1.54) is 16.6 Å². The van der Waals surface area contributed by atoms with Gasteiger partial charge in [0.05, 0.1) is 11.7 Å². The molecule has 0 spiro atoms.